The summed E-state index contributed by atoms with van der Waals surface area (Å²) in [7, 11) is 1.97. The van der Waals surface area contributed by atoms with E-state index in [1.54, 1.807) is 0 Å². The van der Waals surface area contributed by atoms with E-state index in [2.05, 4.69) is 24.3 Å². The second kappa shape index (κ2) is 3.10. The Kier molecular flexibility index (Phi) is 2.38. The highest BCUT2D eigenvalue weighted by atomic mass is 32.2. The van der Waals surface area contributed by atoms with Crippen LogP contribution in [0.4, 0.5) is 0 Å². The number of aromatic nitrogens is 2. The van der Waals surface area contributed by atoms with Crippen LogP contribution in [0.15, 0.2) is 12.3 Å². The van der Waals surface area contributed by atoms with E-state index < -0.39 is 0 Å². The second-order valence-corrected chi connectivity index (χ2v) is 3.44. The van der Waals surface area contributed by atoms with Gasteiger partial charge in [0, 0.05) is 18.5 Å². The maximum absolute atomic E-state index is 4.09. The van der Waals surface area contributed by atoms with Crippen molar-refractivity contribution in [2.24, 2.45) is 7.05 Å². The van der Waals surface area contributed by atoms with Gasteiger partial charge in [0.25, 0.3) is 0 Å². The highest BCUT2D eigenvalue weighted by Gasteiger charge is 2.05. The molecule has 0 aliphatic heterocycles. The molecule has 0 fully saturated rings. The molecule has 1 aromatic heterocycles. The van der Waals surface area contributed by atoms with E-state index in [1.807, 2.05) is 29.7 Å². The third-order valence-electron chi connectivity index (χ3n) is 1.63. The molecule has 2 nitrogen and oxygen atoms in total. The minimum atomic E-state index is 0.549. The monoisotopic (exact) mass is 156 g/mol. The molecule has 1 atom stereocenters. The summed E-state index contributed by atoms with van der Waals surface area (Å²) < 4.78 is 1.92. The van der Waals surface area contributed by atoms with Crippen LogP contribution in [0, 0.1) is 0 Å². The number of rotatable bonds is 2. The molecule has 0 N–H and O–H groups in total. The van der Waals surface area contributed by atoms with E-state index in [1.165, 1.54) is 5.69 Å². The molecule has 0 saturated carbocycles. The average Bonchev–Trinajstić information content (AvgIpc) is 2.34. The lowest BCUT2D eigenvalue weighted by molar-refractivity contribution is 0.714. The Bertz CT molecular complexity index is 207. The zero-order valence-corrected chi connectivity index (χ0v) is 7.35. The van der Waals surface area contributed by atoms with Crippen LogP contribution in [-0.4, -0.2) is 16.0 Å². The van der Waals surface area contributed by atoms with Crippen LogP contribution in [0.25, 0.3) is 0 Å². The van der Waals surface area contributed by atoms with Gasteiger partial charge in [-0.25, -0.2) is 0 Å². The van der Waals surface area contributed by atoms with Gasteiger partial charge in [0.2, 0.25) is 0 Å². The summed E-state index contributed by atoms with van der Waals surface area (Å²) in [6.45, 7) is 2.18. The molecule has 56 valence electrons. The van der Waals surface area contributed by atoms with Crippen molar-refractivity contribution in [1.29, 1.82) is 0 Å². The normalized spacial score (nSPS) is 13.5. The minimum Gasteiger partial charge on any atom is -0.272 e. The van der Waals surface area contributed by atoms with Gasteiger partial charge in [-0.2, -0.15) is 16.9 Å². The van der Waals surface area contributed by atoms with Crippen LogP contribution in [0.2, 0.25) is 0 Å². The number of aryl methyl sites for hydroxylation is 1. The molecule has 0 saturated heterocycles. The third-order valence-corrected chi connectivity index (χ3v) is 2.58. The molecule has 1 heterocycles. The smallest absolute Gasteiger partial charge is 0.0507 e. The second-order valence-electron chi connectivity index (χ2n) is 2.26. The molecule has 0 spiro atoms. The highest BCUT2D eigenvalue weighted by Crippen LogP contribution is 2.23. The summed E-state index contributed by atoms with van der Waals surface area (Å²) in [6, 6.07) is 2.06. The van der Waals surface area contributed by atoms with Gasteiger partial charge in [0.15, 0.2) is 0 Å². The molecule has 0 aromatic carbocycles. The fraction of sp³-hybridized carbons (Fsp3) is 0.571. The van der Waals surface area contributed by atoms with E-state index >= 15 is 0 Å². The molecule has 1 aromatic rings. The first-order chi connectivity index (χ1) is 4.75. The van der Waals surface area contributed by atoms with Crippen molar-refractivity contribution < 1.29 is 0 Å². The molecule has 0 bridgehead atoms. The highest BCUT2D eigenvalue weighted by molar-refractivity contribution is 7.98. The molecule has 0 aliphatic carbocycles. The Morgan fingerprint density at radius 3 is 2.80 bits per heavy atom. The molecule has 10 heavy (non-hydrogen) atoms. The Morgan fingerprint density at radius 1 is 1.70 bits per heavy atom. The van der Waals surface area contributed by atoms with E-state index in [4.69, 9.17) is 0 Å². The van der Waals surface area contributed by atoms with Crippen LogP contribution in [0.3, 0.4) is 0 Å². The van der Waals surface area contributed by atoms with Gasteiger partial charge in [0.1, 0.15) is 0 Å². The van der Waals surface area contributed by atoms with Crippen molar-refractivity contribution in [3.63, 3.8) is 0 Å². The van der Waals surface area contributed by atoms with E-state index in [9.17, 15) is 0 Å². The first kappa shape index (κ1) is 7.66. The fourth-order valence-electron chi connectivity index (χ4n) is 0.904. The Labute approximate surface area is 65.6 Å². The van der Waals surface area contributed by atoms with Crippen molar-refractivity contribution in [3.8, 4) is 0 Å². The maximum Gasteiger partial charge on any atom is 0.0507 e. The molecule has 1 rings (SSSR count). The van der Waals surface area contributed by atoms with Crippen LogP contribution in [0.1, 0.15) is 17.9 Å². The Hall–Kier alpha value is -0.440. The average molecular weight is 156 g/mol. The van der Waals surface area contributed by atoms with Crippen molar-refractivity contribution in [1.82, 2.24) is 9.78 Å². The topological polar surface area (TPSA) is 17.8 Å². The van der Waals surface area contributed by atoms with Gasteiger partial charge in [-0.05, 0) is 19.2 Å². The Morgan fingerprint density at radius 2 is 2.40 bits per heavy atom. The summed E-state index contributed by atoms with van der Waals surface area (Å²) in [5.41, 5.74) is 1.28. The predicted molar refractivity (Wildman–Crippen MR) is 45.1 cm³/mol. The number of nitrogens with zero attached hydrogens (tertiary/aromatic N) is 2. The summed E-state index contributed by atoms with van der Waals surface area (Å²) in [4.78, 5) is 0. The van der Waals surface area contributed by atoms with E-state index in [0.717, 1.165) is 0 Å². The lowest BCUT2D eigenvalue weighted by Crippen LogP contribution is -1.99. The minimum absolute atomic E-state index is 0.549. The van der Waals surface area contributed by atoms with Gasteiger partial charge in [0.05, 0.1) is 5.69 Å². The summed E-state index contributed by atoms with van der Waals surface area (Å²) in [5, 5.41) is 4.64. The lowest BCUT2D eigenvalue weighted by atomic mass is 10.3. The zero-order chi connectivity index (χ0) is 7.56. The van der Waals surface area contributed by atoms with E-state index in [-0.39, 0.29) is 0 Å². The van der Waals surface area contributed by atoms with Gasteiger partial charge in [-0.1, -0.05) is 0 Å². The molecular formula is C7H12N2S. The summed E-state index contributed by atoms with van der Waals surface area (Å²) >= 11 is 1.84. The Balaban J connectivity index is 2.82. The quantitative estimate of drug-likeness (QED) is 0.650. The molecule has 0 amide bonds. The molecule has 3 heteroatoms. The largest absolute Gasteiger partial charge is 0.272 e. The molecular weight excluding hydrogens is 144 g/mol. The number of hydrogen-bond acceptors (Lipinski definition) is 2. The first-order valence-electron chi connectivity index (χ1n) is 3.26. The number of hydrogen-bond donors (Lipinski definition) is 0. The fourth-order valence-corrected chi connectivity index (χ4v) is 1.38. The predicted octanol–water partition coefficient (Wildman–Crippen LogP) is 1.84. The standard InChI is InChI=1S/C7H12N2S/c1-6(10-3)7-4-5-8-9(7)2/h4-6H,1-3H3. The SMILES string of the molecule is CSC(C)c1ccnn1C. The van der Waals surface area contributed by atoms with Gasteiger partial charge in [-0.15, -0.1) is 0 Å². The number of thioether (sulfide) groups is 1. The van der Waals surface area contributed by atoms with E-state index in [0.29, 0.717) is 5.25 Å². The van der Waals surface area contributed by atoms with Crippen molar-refractivity contribution >= 4 is 11.8 Å². The maximum atomic E-state index is 4.09. The lowest BCUT2D eigenvalue weighted by Gasteiger charge is -2.06. The molecule has 0 radical (unpaired) electrons. The first-order valence-corrected chi connectivity index (χ1v) is 4.55. The van der Waals surface area contributed by atoms with Crippen LogP contribution in [0.5, 0.6) is 0 Å². The summed E-state index contributed by atoms with van der Waals surface area (Å²) in [5.74, 6) is 0. The van der Waals surface area contributed by atoms with Crippen LogP contribution < -0.4 is 0 Å². The van der Waals surface area contributed by atoms with Crippen LogP contribution in [-0.2, 0) is 7.05 Å². The zero-order valence-electron chi connectivity index (χ0n) is 6.53. The summed E-state index contributed by atoms with van der Waals surface area (Å²) in [6.07, 6.45) is 3.94. The van der Waals surface area contributed by atoms with Gasteiger partial charge in [-0.3, -0.25) is 4.68 Å². The van der Waals surface area contributed by atoms with Crippen LogP contribution >= 0.6 is 11.8 Å². The van der Waals surface area contributed by atoms with Gasteiger partial charge >= 0.3 is 0 Å². The molecule has 1 unspecified atom stereocenters. The molecule has 0 aliphatic rings. The third kappa shape index (κ3) is 1.34. The van der Waals surface area contributed by atoms with Crippen molar-refractivity contribution in [2.45, 2.75) is 12.2 Å². The van der Waals surface area contributed by atoms with Crippen molar-refractivity contribution in [2.75, 3.05) is 6.26 Å². The van der Waals surface area contributed by atoms with Crippen molar-refractivity contribution in [3.05, 3.63) is 18.0 Å². The van der Waals surface area contributed by atoms with Gasteiger partial charge < -0.3 is 0 Å².